The Morgan fingerprint density at radius 2 is 2.04 bits per heavy atom. The molecule has 1 amide bonds. The van der Waals surface area contributed by atoms with Gasteiger partial charge < -0.3 is 22.1 Å². The monoisotopic (exact) mass is 369 g/mol. The molecule has 9 heteroatoms. The summed E-state index contributed by atoms with van der Waals surface area (Å²) in [6.45, 7) is 4.09. The van der Waals surface area contributed by atoms with Crippen molar-refractivity contribution in [3.8, 4) is 0 Å². The second-order valence-electron chi connectivity index (χ2n) is 6.00. The van der Waals surface area contributed by atoms with Crippen LogP contribution in [0.4, 0.5) is 21.7 Å². The van der Waals surface area contributed by atoms with E-state index in [0.717, 1.165) is 0 Å². The molecule has 0 saturated carbocycles. The standard InChI is InChI=1S/C18H20FN7O/c1-3-22-18(27)12-7-10-6-11(19)4-5-13(10)26-15(12)9(2)25-17-14(20)16(21)23-8-24-17/h4-9H,3,20H2,1-2H3,(H,22,27)(H3,21,23,24,25)/t9-/m0/s1. The number of nitrogens with zero attached hydrogens (tertiary/aromatic N) is 3. The molecule has 2 heterocycles. The fourth-order valence-corrected chi connectivity index (χ4v) is 2.73. The fourth-order valence-electron chi connectivity index (χ4n) is 2.73. The molecule has 0 radical (unpaired) electrons. The summed E-state index contributed by atoms with van der Waals surface area (Å²) in [7, 11) is 0. The number of pyridine rings is 1. The molecule has 140 valence electrons. The average molecular weight is 369 g/mol. The zero-order chi connectivity index (χ0) is 19.6. The third-order valence-electron chi connectivity index (χ3n) is 4.07. The molecule has 8 nitrogen and oxygen atoms in total. The Bertz CT molecular complexity index is 1010. The van der Waals surface area contributed by atoms with Crippen LogP contribution in [0, 0.1) is 5.82 Å². The van der Waals surface area contributed by atoms with Crippen molar-refractivity contribution in [3.63, 3.8) is 0 Å². The van der Waals surface area contributed by atoms with Crippen LogP contribution in [0.2, 0.25) is 0 Å². The molecular weight excluding hydrogens is 349 g/mol. The number of benzene rings is 1. The van der Waals surface area contributed by atoms with Gasteiger partial charge in [0.05, 0.1) is 22.8 Å². The number of amides is 1. The lowest BCUT2D eigenvalue weighted by Gasteiger charge is -2.19. The Hall–Kier alpha value is -3.49. The smallest absolute Gasteiger partial charge is 0.253 e. The van der Waals surface area contributed by atoms with E-state index in [1.165, 1.54) is 18.5 Å². The molecule has 0 aliphatic rings. The molecule has 6 N–H and O–H groups in total. The first kappa shape index (κ1) is 18.3. The van der Waals surface area contributed by atoms with Gasteiger partial charge in [-0.05, 0) is 38.1 Å². The summed E-state index contributed by atoms with van der Waals surface area (Å²) >= 11 is 0. The first-order chi connectivity index (χ1) is 12.9. The number of hydrogen-bond donors (Lipinski definition) is 4. The van der Waals surface area contributed by atoms with Crippen molar-refractivity contribution in [2.24, 2.45) is 0 Å². The van der Waals surface area contributed by atoms with Gasteiger partial charge in [-0.1, -0.05) is 0 Å². The largest absolute Gasteiger partial charge is 0.393 e. The van der Waals surface area contributed by atoms with Gasteiger partial charge in [0.15, 0.2) is 11.6 Å². The minimum absolute atomic E-state index is 0.158. The van der Waals surface area contributed by atoms with Crippen LogP contribution in [0.3, 0.4) is 0 Å². The highest BCUT2D eigenvalue weighted by molar-refractivity contribution is 5.99. The van der Waals surface area contributed by atoms with Gasteiger partial charge in [-0.2, -0.15) is 0 Å². The van der Waals surface area contributed by atoms with Crippen LogP contribution in [0.15, 0.2) is 30.6 Å². The number of rotatable bonds is 5. The lowest BCUT2D eigenvalue weighted by atomic mass is 10.0. The second kappa shape index (κ2) is 7.40. The third kappa shape index (κ3) is 3.71. The molecule has 27 heavy (non-hydrogen) atoms. The molecule has 0 spiro atoms. The van der Waals surface area contributed by atoms with Gasteiger partial charge in [0, 0.05) is 11.9 Å². The molecule has 0 aliphatic heterocycles. The highest BCUT2D eigenvalue weighted by Crippen LogP contribution is 2.27. The summed E-state index contributed by atoms with van der Waals surface area (Å²) in [5, 5.41) is 6.40. The van der Waals surface area contributed by atoms with Crippen LogP contribution in [0.5, 0.6) is 0 Å². The van der Waals surface area contributed by atoms with Gasteiger partial charge in [-0.15, -0.1) is 0 Å². The van der Waals surface area contributed by atoms with Crippen LogP contribution in [-0.2, 0) is 0 Å². The molecule has 0 saturated heterocycles. The van der Waals surface area contributed by atoms with Crippen molar-refractivity contribution in [2.45, 2.75) is 19.9 Å². The van der Waals surface area contributed by atoms with Crippen LogP contribution in [-0.4, -0.2) is 27.4 Å². The molecule has 2 aromatic heterocycles. The van der Waals surface area contributed by atoms with Crippen molar-refractivity contribution >= 4 is 34.1 Å². The third-order valence-corrected chi connectivity index (χ3v) is 4.07. The first-order valence-corrected chi connectivity index (χ1v) is 8.41. The first-order valence-electron chi connectivity index (χ1n) is 8.41. The van der Waals surface area contributed by atoms with Crippen LogP contribution in [0.25, 0.3) is 10.9 Å². The Morgan fingerprint density at radius 1 is 1.26 bits per heavy atom. The van der Waals surface area contributed by atoms with E-state index in [0.29, 0.717) is 34.5 Å². The lowest BCUT2D eigenvalue weighted by Crippen LogP contribution is -2.26. The number of anilines is 3. The molecule has 1 aromatic carbocycles. The summed E-state index contributed by atoms with van der Waals surface area (Å²) < 4.78 is 13.6. The Labute approximate surface area is 155 Å². The molecule has 3 aromatic rings. The lowest BCUT2D eigenvalue weighted by molar-refractivity contribution is 0.0954. The number of carbonyl (C=O) groups excluding carboxylic acids is 1. The highest BCUT2D eigenvalue weighted by atomic mass is 19.1. The SMILES string of the molecule is CCNC(=O)c1cc2cc(F)ccc2nc1[C@H](C)Nc1ncnc(N)c1N. The molecule has 0 unspecified atom stereocenters. The molecule has 1 atom stereocenters. The maximum absolute atomic E-state index is 13.6. The minimum atomic E-state index is -0.423. The zero-order valence-electron chi connectivity index (χ0n) is 15.0. The zero-order valence-corrected chi connectivity index (χ0v) is 15.0. The van der Waals surface area contributed by atoms with E-state index in [1.54, 1.807) is 12.1 Å². The van der Waals surface area contributed by atoms with Crippen LogP contribution >= 0.6 is 0 Å². The molecular formula is C18H20FN7O. The van der Waals surface area contributed by atoms with Crippen molar-refractivity contribution in [1.29, 1.82) is 0 Å². The predicted octanol–water partition coefficient (Wildman–Crippen LogP) is 2.25. The topological polar surface area (TPSA) is 132 Å². The minimum Gasteiger partial charge on any atom is -0.393 e. The van der Waals surface area contributed by atoms with Gasteiger partial charge >= 0.3 is 0 Å². The summed E-state index contributed by atoms with van der Waals surface area (Å²) in [4.78, 5) is 25.0. The number of nitrogen functional groups attached to an aromatic ring is 2. The number of hydrogen-bond acceptors (Lipinski definition) is 7. The van der Waals surface area contributed by atoms with Crippen molar-refractivity contribution in [3.05, 3.63) is 47.7 Å². The van der Waals surface area contributed by atoms with E-state index in [-0.39, 0.29) is 17.4 Å². The average Bonchev–Trinajstić information content (AvgIpc) is 2.64. The summed E-state index contributed by atoms with van der Waals surface area (Å²) in [5.74, 6) is -0.187. The quantitative estimate of drug-likeness (QED) is 0.542. The number of nitrogens with two attached hydrogens (primary N) is 2. The predicted molar refractivity (Wildman–Crippen MR) is 103 cm³/mol. The molecule has 0 bridgehead atoms. The van der Waals surface area contributed by atoms with E-state index in [2.05, 4.69) is 25.6 Å². The van der Waals surface area contributed by atoms with E-state index in [1.807, 2.05) is 13.8 Å². The number of carbonyl (C=O) groups is 1. The summed E-state index contributed by atoms with van der Waals surface area (Å²) in [6, 6.07) is 5.44. The maximum Gasteiger partial charge on any atom is 0.253 e. The summed E-state index contributed by atoms with van der Waals surface area (Å²) in [5.41, 5.74) is 13.2. The number of fused-ring (bicyclic) bond motifs is 1. The Balaban J connectivity index is 2.07. The van der Waals surface area contributed by atoms with E-state index < -0.39 is 11.9 Å². The normalized spacial score (nSPS) is 12.0. The van der Waals surface area contributed by atoms with Crippen molar-refractivity contribution in [2.75, 3.05) is 23.3 Å². The Kier molecular flexibility index (Phi) is 5.02. The van der Waals surface area contributed by atoms with Crippen LogP contribution < -0.4 is 22.1 Å². The molecule has 0 fully saturated rings. The number of halogens is 1. The van der Waals surface area contributed by atoms with Crippen molar-refractivity contribution in [1.82, 2.24) is 20.3 Å². The maximum atomic E-state index is 13.6. The highest BCUT2D eigenvalue weighted by Gasteiger charge is 2.20. The van der Waals surface area contributed by atoms with Crippen LogP contribution in [0.1, 0.15) is 35.9 Å². The fraction of sp³-hybridized carbons (Fsp3) is 0.222. The van der Waals surface area contributed by atoms with Crippen molar-refractivity contribution < 1.29 is 9.18 Å². The van der Waals surface area contributed by atoms with Gasteiger partial charge in [0.25, 0.3) is 5.91 Å². The Morgan fingerprint density at radius 3 is 2.78 bits per heavy atom. The number of aromatic nitrogens is 3. The summed E-state index contributed by atoms with van der Waals surface area (Å²) in [6.07, 6.45) is 1.29. The second-order valence-corrected chi connectivity index (χ2v) is 6.00. The van der Waals surface area contributed by atoms with E-state index in [4.69, 9.17) is 11.5 Å². The number of nitrogens with one attached hydrogen (secondary N) is 2. The van der Waals surface area contributed by atoms with Gasteiger partial charge in [0.2, 0.25) is 0 Å². The van der Waals surface area contributed by atoms with E-state index >= 15 is 0 Å². The molecule has 0 aliphatic carbocycles. The van der Waals surface area contributed by atoms with Gasteiger partial charge in [0.1, 0.15) is 17.8 Å². The molecule has 3 rings (SSSR count). The van der Waals surface area contributed by atoms with Gasteiger partial charge in [-0.25, -0.2) is 19.3 Å². The van der Waals surface area contributed by atoms with Gasteiger partial charge in [-0.3, -0.25) is 4.79 Å². The van der Waals surface area contributed by atoms with E-state index in [9.17, 15) is 9.18 Å².